The van der Waals surface area contributed by atoms with Gasteiger partial charge in [0, 0.05) is 18.3 Å². The highest BCUT2D eigenvalue weighted by Crippen LogP contribution is 2.29. The van der Waals surface area contributed by atoms with Crippen molar-refractivity contribution in [2.45, 2.75) is 45.7 Å². The zero-order valence-electron chi connectivity index (χ0n) is 10.9. The molecule has 1 aromatic heterocycles. The second-order valence-corrected chi connectivity index (χ2v) is 5.71. The van der Waals surface area contributed by atoms with Crippen LogP contribution >= 0.6 is 0 Å². The second kappa shape index (κ2) is 5.00. The minimum Gasteiger partial charge on any atom is -0.476 e. The van der Waals surface area contributed by atoms with E-state index in [1.807, 2.05) is 0 Å². The van der Waals surface area contributed by atoms with Crippen LogP contribution in [0.2, 0.25) is 0 Å². The summed E-state index contributed by atoms with van der Waals surface area (Å²) in [5, 5.41) is 3.38. The van der Waals surface area contributed by atoms with Crippen LogP contribution in [0.15, 0.2) is 12.4 Å². The SMILES string of the molecule is CC(C)(C)NCc1cncc(OCC2CC2)n1. The third-order valence-corrected chi connectivity index (χ3v) is 2.63. The van der Waals surface area contributed by atoms with Crippen LogP contribution in [0.25, 0.3) is 0 Å². The highest BCUT2D eigenvalue weighted by atomic mass is 16.5. The van der Waals surface area contributed by atoms with E-state index >= 15 is 0 Å². The summed E-state index contributed by atoms with van der Waals surface area (Å²) in [4.78, 5) is 8.58. The number of nitrogens with zero attached hydrogens (tertiary/aromatic N) is 2. The van der Waals surface area contributed by atoms with Gasteiger partial charge in [-0.05, 0) is 39.5 Å². The lowest BCUT2D eigenvalue weighted by molar-refractivity contribution is 0.285. The maximum atomic E-state index is 5.60. The lowest BCUT2D eigenvalue weighted by Gasteiger charge is -2.20. The molecule has 4 heteroatoms. The van der Waals surface area contributed by atoms with Crippen molar-refractivity contribution in [3.8, 4) is 5.88 Å². The van der Waals surface area contributed by atoms with Crippen molar-refractivity contribution in [3.63, 3.8) is 0 Å². The van der Waals surface area contributed by atoms with E-state index in [4.69, 9.17) is 4.74 Å². The normalized spacial score (nSPS) is 15.9. The summed E-state index contributed by atoms with van der Waals surface area (Å²) >= 11 is 0. The first-order chi connectivity index (χ1) is 8.03. The Balaban J connectivity index is 1.86. The van der Waals surface area contributed by atoms with Gasteiger partial charge in [-0.1, -0.05) is 0 Å². The monoisotopic (exact) mass is 235 g/mol. The van der Waals surface area contributed by atoms with E-state index in [-0.39, 0.29) is 5.54 Å². The molecule has 0 unspecified atom stereocenters. The molecular formula is C13H21N3O. The van der Waals surface area contributed by atoms with Crippen LogP contribution in [0, 0.1) is 5.92 Å². The standard InChI is InChI=1S/C13H21N3O/c1-13(2,3)15-7-11-6-14-8-12(16-11)17-9-10-4-5-10/h6,8,10,15H,4-5,7,9H2,1-3H3. The summed E-state index contributed by atoms with van der Waals surface area (Å²) in [7, 11) is 0. The van der Waals surface area contributed by atoms with Crippen LogP contribution in [0.3, 0.4) is 0 Å². The molecule has 0 radical (unpaired) electrons. The molecule has 2 rings (SSSR count). The first-order valence-electron chi connectivity index (χ1n) is 6.22. The number of hydrogen-bond donors (Lipinski definition) is 1. The molecule has 94 valence electrons. The molecule has 0 aliphatic heterocycles. The Kier molecular flexibility index (Phi) is 3.62. The van der Waals surface area contributed by atoms with Gasteiger partial charge in [0.05, 0.1) is 18.5 Å². The van der Waals surface area contributed by atoms with Gasteiger partial charge in [-0.15, -0.1) is 0 Å². The third-order valence-electron chi connectivity index (χ3n) is 2.63. The van der Waals surface area contributed by atoms with Gasteiger partial charge in [0.1, 0.15) is 0 Å². The molecule has 0 atom stereocenters. The zero-order chi connectivity index (χ0) is 12.3. The quantitative estimate of drug-likeness (QED) is 0.849. The lowest BCUT2D eigenvalue weighted by Crippen LogP contribution is -2.35. The van der Waals surface area contributed by atoms with Crippen LogP contribution in [0.1, 0.15) is 39.3 Å². The number of aromatic nitrogens is 2. The van der Waals surface area contributed by atoms with Crippen molar-refractivity contribution >= 4 is 0 Å². The predicted molar refractivity (Wildman–Crippen MR) is 66.8 cm³/mol. The Morgan fingerprint density at radius 3 is 2.76 bits per heavy atom. The van der Waals surface area contributed by atoms with E-state index in [1.54, 1.807) is 12.4 Å². The highest BCUT2D eigenvalue weighted by Gasteiger charge is 2.22. The van der Waals surface area contributed by atoms with Gasteiger partial charge in [-0.3, -0.25) is 4.98 Å². The van der Waals surface area contributed by atoms with E-state index in [0.717, 1.165) is 24.8 Å². The van der Waals surface area contributed by atoms with Gasteiger partial charge >= 0.3 is 0 Å². The van der Waals surface area contributed by atoms with Crippen molar-refractivity contribution in [1.82, 2.24) is 15.3 Å². The second-order valence-electron chi connectivity index (χ2n) is 5.71. The van der Waals surface area contributed by atoms with E-state index in [1.165, 1.54) is 12.8 Å². The average Bonchev–Trinajstić information content (AvgIpc) is 3.07. The van der Waals surface area contributed by atoms with Crippen molar-refractivity contribution in [1.29, 1.82) is 0 Å². The predicted octanol–water partition coefficient (Wildman–Crippen LogP) is 2.15. The summed E-state index contributed by atoms with van der Waals surface area (Å²) in [6.07, 6.45) is 6.04. The van der Waals surface area contributed by atoms with Crippen LogP contribution < -0.4 is 10.1 Å². The Morgan fingerprint density at radius 1 is 1.35 bits per heavy atom. The van der Waals surface area contributed by atoms with Gasteiger partial charge in [0.25, 0.3) is 0 Å². The van der Waals surface area contributed by atoms with Gasteiger partial charge in [0.15, 0.2) is 0 Å². The Bertz CT molecular complexity index is 369. The summed E-state index contributed by atoms with van der Waals surface area (Å²) in [6, 6.07) is 0. The summed E-state index contributed by atoms with van der Waals surface area (Å²) in [5.41, 5.74) is 1.01. The maximum absolute atomic E-state index is 5.60. The molecule has 0 bridgehead atoms. The van der Waals surface area contributed by atoms with Gasteiger partial charge in [0.2, 0.25) is 5.88 Å². The number of nitrogens with one attached hydrogen (secondary N) is 1. The first kappa shape index (κ1) is 12.3. The molecule has 1 saturated carbocycles. The Morgan fingerprint density at radius 2 is 2.12 bits per heavy atom. The van der Waals surface area contributed by atoms with E-state index < -0.39 is 0 Å². The highest BCUT2D eigenvalue weighted by molar-refractivity contribution is 5.08. The fraction of sp³-hybridized carbons (Fsp3) is 0.692. The molecule has 17 heavy (non-hydrogen) atoms. The Hall–Kier alpha value is -1.16. The minimum atomic E-state index is 0.0898. The maximum Gasteiger partial charge on any atom is 0.232 e. The molecular weight excluding hydrogens is 214 g/mol. The molecule has 0 saturated heterocycles. The smallest absolute Gasteiger partial charge is 0.232 e. The largest absolute Gasteiger partial charge is 0.476 e. The molecule has 1 aliphatic rings. The van der Waals surface area contributed by atoms with Gasteiger partial charge in [-0.2, -0.15) is 0 Å². The molecule has 1 N–H and O–H groups in total. The molecule has 1 aliphatic carbocycles. The minimum absolute atomic E-state index is 0.0898. The molecule has 1 aromatic rings. The van der Waals surface area contributed by atoms with Crippen LogP contribution in [-0.2, 0) is 6.54 Å². The lowest BCUT2D eigenvalue weighted by atomic mass is 10.1. The van der Waals surface area contributed by atoms with Crippen molar-refractivity contribution in [3.05, 3.63) is 18.1 Å². The average molecular weight is 235 g/mol. The number of rotatable bonds is 5. The molecule has 0 amide bonds. The fourth-order valence-corrected chi connectivity index (χ4v) is 1.38. The summed E-state index contributed by atoms with van der Waals surface area (Å²) < 4.78 is 5.60. The molecule has 4 nitrogen and oxygen atoms in total. The number of ether oxygens (including phenoxy) is 1. The van der Waals surface area contributed by atoms with Gasteiger partial charge < -0.3 is 10.1 Å². The van der Waals surface area contributed by atoms with E-state index in [2.05, 4.69) is 36.1 Å². The third kappa shape index (κ3) is 4.69. The van der Waals surface area contributed by atoms with Gasteiger partial charge in [-0.25, -0.2) is 4.98 Å². The molecule has 0 spiro atoms. The van der Waals surface area contributed by atoms with Crippen LogP contribution in [0.5, 0.6) is 5.88 Å². The van der Waals surface area contributed by atoms with Crippen LogP contribution in [0.4, 0.5) is 0 Å². The first-order valence-corrected chi connectivity index (χ1v) is 6.22. The molecule has 1 fully saturated rings. The Labute approximate surface area is 103 Å². The number of hydrogen-bond acceptors (Lipinski definition) is 4. The van der Waals surface area contributed by atoms with Crippen molar-refractivity contribution < 1.29 is 4.74 Å². The van der Waals surface area contributed by atoms with Crippen LogP contribution in [-0.4, -0.2) is 22.1 Å². The topological polar surface area (TPSA) is 47.0 Å². The molecule has 0 aromatic carbocycles. The summed E-state index contributed by atoms with van der Waals surface area (Å²) in [5.74, 6) is 1.39. The molecule has 1 heterocycles. The van der Waals surface area contributed by atoms with E-state index in [9.17, 15) is 0 Å². The van der Waals surface area contributed by atoms with Crippen molar-refractivity contribution in [2.75, 3.05) is 6.61 Å². The van der Waals surface area contributed by atoms with E-state index in [0.29, 0.717) is 5.88 Å². The van der Waals surface area contributed by atoms with Crippen molar-refractivity contribution in [2.24, 2.45) is 5.92 Å². The zero-order valence-corrected chi connectivity index (χ0v) is 10.9. The summed E-state index contributed by atoms with van der Waals surface area (Å²) in [6.45, 7) is 7.90. The fourth-order valence-electron chi connectivity index (χ4n) is 1.38.